The Labute approximate surface area is 798 Å². The summed E-state index contributed by atoms with van der Waals surface area (Å²) >= 11 is 24.8. The number of anilines is 4. The third-order valence-corrected chi connectivity index (χ3v) is 37.8. The zero-order valence-corrected chi connectivity index (χ0v) is 82.6. The number of carbonyl (C=O) groups is 4. The zero-order valence-electron chi connectivity index (χ0n) is 70.4. The van der Waals surface area contributed by atoms with Crippen molar-refractivity contribution in [3.8, 4) is 11.1 Å². The second-order valence-electron chi connectivity index (χ2n) is 30.6. The van der Waals surface area contributed by atoms with E-state index in [0.717, 1.165) is 72.6 Å². The van der Waals surface area contributed by atoms with E-state index >= 15 is 0 Å². The van der Waals surface area contributed by atoms with E-state index < -0.39 is 35.1 Å². The summed E-state index contributed by atoms with van der Waals surface area (Å²) in [6.07, 6.45) is 7.22. The molecule has 0 spiro atoms. The monoisotopic (exact) mass is 1990 g/mol. The number of allylic oxidation sites excluding steroid dienone is 1. The van der Waals surface area contributed by atoms with Crippen molar-refractivity contribution in [1.82, 2.24) is 14.9 Å². The third kappa shape index (κ3) is 20.5. The number of fused-ring (bicyclic) bond motifs is 15. The fourth-order valence-corrected chi connectivity index (χ4v) is 32.0. The molecular weight excluding hydrogens is 1920 g/mol. The molecule has 0 bridgehead atoms. The highest BCUT2D eigenvalue weighted by molar-refractivity contribution is 7.42. The molecule has 23 nitrogen and oxygen atoms in total. The van der Waals surface area contributed by atoms with Gasteiger partial charge in [0.25, 0.3) is 17.1 Å². The van der Waals surface area contributed by atoms with Gasteiger partial charge in [0.2, 0.25) is 17.3 Å². The number of hydrogen-bond donors (Lipinski definition) is 3. The van der Waals surface area contributed by atoms with Crippen molar-refractivity contribution in [2.75, 3.05) is 95.1 Å². The van der Waals surface area contributed by atoms with Gasteiger partial charge in [0, 0.05) is 145 Å². The van der Waals surface area contributed by atoms with E-state index in [0.29, 0.717) is 35.0 Å². The number of oxazole rings is 1. The van der Waals surface area contributed by atoms with Gasteiger partial charge in [0.05, 0.1) is 113 Å². The minimum Gasteiger partial charge on any atom is -0.499 e. The summed E-state index contributed by atoms with van der Waals surface area (Å²) < 4.78 is 39.1. The van der Waals surface area contributed by atoms with Crippen LogP contribution in [0.3, 0.4) is 0 Å². The number of hydrogen-bond acceptors (Lipinski definition) is 31. The Kier molecular flexibility index (Phi) is 27.6. The predicted molar refractivity (Wildman–Crippen MR) is 551 cm³/mol. The Morgan fingerprint density at radius 3 is 1.47 bits per heavy atom. The molecule has 0 radical (unpaired) electrons. The van der Waals surface area contributed by atoms with Gasteiger partial charge < -0.3 is 53.7 Å². The number of aliphatic carboxylic acids is 2. The van der Waals surface area contributed by atoms with Gasteiger partial charge in [-0.05, 0) is 145 Å². The molecule has 38 heteroatoms. The van der Waals surface area contributed by atoms with Crippen LogP contribution in [0.1, 0.15) is 76.3 Å². The lowest BCUT2D eigenvalue weighted by molar-refractivity contribution is -0.149. The summed E-state index contributed by atoms with van der Waals surface area (Å²) in [5.74, 6) is -2.40. The van der Waals surface area contributed by atoms with Gasteiger partial charge >= 0.3 is 23.9 Å². The van der Waals surface area contributed by atoms with Gasteiger partial charge in [-0.2, -0.15) is 0 Å². The highest BCUT2D eigenvalue weighted by atomic mass is 32.2. The number of para-hydroxylation sites is 3. The van der Waals surface area contributed by atoms with Gasteiger partial charge in [0.1, 0.15) is 28.3 Å². The van der Waals surface area contributed by atoms with Crippen molar-refractivity contribution in [3.05, 3.63) is 219 Å². The molecule has 129 heavy (non-hydrogen) atoms. The number of benzene rings is 2. The Morgan fingerprint density at radius 1 is 0.512 bits per heavy atom. The predicted octanol–water partition coefficient (Wildman–Crippen LogP) is 27.8. The molecule has 2 aromatic carbocycles. The average Bonchev–Trinajstić information content (AvgIpc) is 1.62. The van der Waals surface area contributed by atoms with Crippen molar-refractivity contribution >= 4 is 361 Å². The average molecular weight is 1990 g/mol. The van der Waals surface area contributed by atoms with Crippen LogP contribution in [0, 0.1) is 44.2 Å². The molecule has 0 amide bonds. The molecule has 0 unspecified atom stereocenters. The van der Waals surface area contributed by atoms with Crippen molar-refractivity contribution in [2.45, 2.75) is 52.2 Å². The van der Waals surface area contributed by atoms with Gasteiger partial charge in [-0.15, -0.1) is 159 Å². The van der Waals surface area contributed by atoms with E-state index in [-0.39, 0.29) is 35.1 Å². The van der Waals surface area contributed by atoms with Crippen molar-refractivity contribution in [2.24, 2.45) is 0 Å². The number of cyclic esters (lactones) is 1. The molecule has 3 N–H and O–H groups in total. The molecule has 0 fully saturated rings. The normalized spacial score (nSPS) is 13.0. The molecule has 19 rings (SSSR count). The van der Waals surface area contributed by atoms with Gasteiger partial charge in [-0.1, -0.05) is 35.6 Å². The molecule has 0 atom stereocenters. The SMILES string of the molecule is [C-]#[N+]/C(=C\c1cc2sc3cc(N(C)C)sc3c2s1)C(=O)OC(C)(C)C.[C-]#[N+]/C(=C\c1cc2sc3cc(N(C)CC(=O)O)sc3c2s1)c1nc2ccccc2s1.[C-]#[N+]/C(=C\c1cc2sc3cc(N(C)CCN(C)CCC(=O)O)sc3c2s1)c1nc2ccccc2o1.[C-]#[N+]/C(C#N)=C\c1cc2sc3cc(N(C)C)sc3c2s1.[C-]#[N+]C1=C(c2cc3sc(O)cc3s2)C(C)(C)OC1=O. The number of carboxylic acid groups (broad SMARTS) is 2. The smallest absolute Gasteiger partial charge is 0.337 e. The van der Waals surface area contributed by atoms with Crippen LogP contribution >= 0.6 is 170 Å². The fraction of sp³-hybridized carbons (Fsp3) is 0.209. The number of aromatic nitrogens is 2. The van der Waals surface area contributed by atoms with Crippen LogP contribution < -0.4 is 19.6 Å². The maximum Gasteiger partial charge on any atom is 0.337 e. The summed E-state index contributed by atoms with van der Waals surface area (Å²) in [4.78, 5) is 86.9. The maximum absolute atomic E-state index is 12.1. The first kappa shape index (κ1) is 92.1. The van der Waals surface area contributed by atoms with E-state index in [2.05, 4.69) is 98.4 Å². The molecule has 17 heterocycles. The highest BCUT2D eigenvalue weighted by Gasteiger charge is 2.42. The zero-order chi connectivity index (χ0) is 91.8. The lowest BCUT2D eigenvalue weighted by atomic mass is 9.97. The summed E-state index contributed by atoms with van der Waals surface area (Å²) in [5, 5.41) is 41.8. The van der Waals surface area contributed by atoms with Crippen LogP contribution in [0.25, 0.3) is 171 Å². The standard InChI is InChI=1S/C25H22N4O3S3.C21H13N3O2S4.C18H18N2O2S3.C14H9N3S3.C13H9NO3S2/c1-26-17(25-27-16-6-4-5-7-18(16)32-25)12-15-13-19-23(33-15)24-20(34-19)14-21(35-24)29(3)11-10-28(2)9-8-22(30)31;1-22-13(21-23-12-5-3-4-6-14(12)29-21)7-11-8-15-19(27-11)20-16(28-15)9-17(30-20)24(2)10-18(25)26;1-18(2,3)22-17(21)11(19-4)7-10-8-12-15(23-10)16-13(24-12)9-14(25-16)20(5)6;1-16-8(7-15)4-9-5-10-13(18-9)14-11(19-10)6-12(20-14)17(2)3;1-13(2)10(11(14-3)12(16)17-13)8-4-6-7(18-8)5-9(15)19-6/h4-7,12-14H,8-11H2,2-3H3,(H,30,31);3-9H,10H2,2H3,(H,25,26);7-9H,1-3,5-6H3;4-6H,2-3H3;4-5,15H,1-2H3/b17-12-;13-7-;11-7-;8-4-;. The summed E-state index contributed by atoms with van der Waals surface area (Å²) in [7, 11) is 14.0. The number of nitriles is 1. The van der Waals surface area contributed by atoms with Crippen molar-refractivity contribution < 1.29 is 48.4 Å². The van der Waals surface area contributed by atoms with Crippen LogP contribution in [-0.4, -0.2) is 141 Å². The molecule has 650 valence electrons. The first-order chi connectivity index (χ1) is 61.6. The Hall–Kier alpha value is -11.6. The second-order valence-corrected chi connectivity index (χ2v) is 46.6. The number of nitrogens with zero attached hydrogens (tertiary/aromatic N) is 13. The number of carbonyl (C=O) groups excluding carboxylic acids is 2. The number of ether oxygens (including phenoxy) is 2. The van der Waals surface area contributed by atoms with Crippen LogP contribution in [0.5, 0.6) is 5.06 Å². The summed E-state index contributed by atoms with van der Waals surface area (Å²) in [5.41, 5.74) is 2.73. The van der Waals surface area contributed by atoms with Crippen molar-refractivity contribution in [3.63, 3.8) is 0 Å². The van der Waals surface area contributed by atoms with E-state index in [4.69, 9.17) is 62.2 Å². The molecule has 16 aromatic heterocycles. The fourth-order valence-electron chi connectivity index (χ4n) is 13.1. The lowest BCUT2D eigenvalue weighted by Crippen LogP contribution is -2.31. The van der Waals surface area contributed by atoms with Gasteiger partial charge in [0.15, 0.2) is 10.6 Å². The van der Waals surface area contributed by atoms with Crippen LogP contribution in [-0.2, 0) is 28.7 Å². The van der Waals surface area contributed by atoms with E-state index in [1.165, 1.54) is 124 Å². The lowest BCUT2D eigenvalue weighted by Gasteiger charge is -2.21. The third-order valence-electron chi connectivity index (χ3n) is 19.1. The number of likely N-dealkylation sites (N-methyl/N-ethyl adjacent to an activating group) is 3. The Bertz CT molecular complexity index is 7790. The Morgan fingerprint density at radius 2 is 0.992 bits per heavy atom. The Balaban J connectivity index is 0.000000126. The number of aromatic hydroxyl groups is 1. The van der Waals surface area contributed by atoms with Gasteiger partial charge in [-0.3, -0.25) is 19.2 Å². The second kappa shape index (κ2) is 38.6. The number of thiazole rings is 1. The molecule has 0 aliphatic carbocycles. The van der Waals surface area contributed by atoms with E-state index in [1.54, 1.807) is 201 Å². The van der Waals surface area contributed by atoms with E-state index in [9.17, 15) is 24.3 Å². The first-order valence-corrected chi connectivity index (χ1v) is 50.9. The minimum atomic E-state index is -0.843. The van der Waals surface area contributed by atoms with Crippen molar-refractivity contribution in [1.29, 1.82) is 5.26 Å². The number of thiophene rings is 14. The number of rotatable bonds is 20. The molecule has 0 saturated heterocycles. The maximum atomic E-state index is 12.1. The van der Waals surface area contributed by atoms with Crippen LogP contribution in [0.15, 0.2) is 131 Å². The topological polar surface area (TPSA) is 248 Å². The quantitative estimate of drug-likeness (QED) is 0.0278. The molecule has 0 saturated carbocycles. The number of esters is 2. The molecule has 18 aromatic rings. The van der Waals surface area contributed by atoms with Crippen LogP contribution in [0.4, 0.5) is 20.0 Å². The van der Waals surface area contributed by atoms with E-state index in [1.807, 2.05) is 119 Å². The molecule has 1 aliphatic heterocycles. The highest BCUT2D eigenvalue weighted by Crippen LogP contribution is 2.53. The number of carboxylic acids is 2. The van der Waals surface area contributed by atoms with Gasteiger partial charge in [-0.25, -0.2) is 39.5 Å². The molecular formula is C91H71N13O10S15. The first-order valence-electron chi connectivity index (χ1n) is 38.7. The molecule has 1 aliphatic rings. The summed E-state index contributed by atoms with van der Waals surface area (Å²) in [6.45, 7) is 47.7. The van der Waals surface area contributed by atoms with Crippen LogP contribution in [0.2, 0.25) is 0 Å². The largest absolute Gasteiger partial charge is 0.499 e. The summed E-state index contributed by atoms with van der Waals surface area (Å²) in [6, 6.07) is 38.0. The minimum absolute atomic E-state index is 0.0141.